The Morgan fingerprint density at radius 3 is 2.34 bits per heavy atom. The van der Waals surface area contributed by atoms with Crippen LogP contribution in [-0.4, -0.2) is 63.7 Å². The second-order valence-corrected chi connectivity index (χ2v) is 7.53. The van der Waals surface area contributed by atoms with Gasteiger partial charge in [-0.05, 0) is 42.0 Å². The van der Waals surface area contributed by atoms with E-state index in [1.165, 1.54) is 0 Å². The highest BCUT2D eigenvalue weighted by Crippen LogP contribution is 2.27. The summed E-state index contributed by atoms with van der Waals surface area (Å²) in [4.78, 5) is 20.9. The van der Waals surface area contributed by atoms with Crippen molar-refractivity contribution in [2.75, 3.05) is 51.8 Å². The van der Waals surface area contributed by atoms with Crippen molar-refractivity contribution >= 4 is 53.1 Å². The molecule has 1 saturated heterocycles. The number of rotatable bonds is 7. The fourth-order valence-electron chi connectivity index (χ4n) is 3.36. The lowest BCUT2D eigenvalue weighted by Crippen LogP contribution is -2.51. The summed E-state index contributed by atoms with van der Waals surface area (Å²) in [5.74, 6) is 1.51. The van der Waals surface area contributed by atoms with Gasteiger partial charge in [0, 0.05) is 36.9 Å². The van der Waals surface area contributed by atoms with Crippen molar-refractivity contribution in [3.8, 4) is 11.5 Å². The van der Waals surface area contributed by atoms with E-state index in [-0.39, 0.29) is 42.4 Å². The number of aliphatic imine (C=N–C) groups is 1. The lowest BCUT2D eigenvalue weighted by Gasteiger charge is -2.36. The van der Waals surface area contributed by atoms with E-state index in [0.29, 0.717) is 36.2 Å². The molecule has 1 fully saturated rings. The summed E-state index contributed by atoms with van der Waals surface area (Å²) in [5, 5.41) is 3.62. The molecule has 32 heavy (non-hydrogen) atoms. The van der Waals surface area contributed by atoms with Gasteiger partial charge in [-0.15, -0.1) is 24.0 Å². The summed E-state index contributed by atoms with van der Waals surface area (Å²) in [5.41, 5.74) is 7.96. The predicted molar refractivity (Wildman–Crippen MR) is 139 cm³/mol. The van der Waals surface area contributed by atoms with E-state index in [9.17, 15) is 4.79 Å². The van der Waals surface area contributed by atoms with Gasteiger partial charge in [0.25, 0.3) is 0 Å². The highest BCUT2D eigenvalue weighted by molar-refractivity contribution is 14.0. The molecular formula is C22H29ClIN5O3. The van der Waals surface area contributed by atoms with Crippen LogP contribution in [0.4, 0.5) is 5.69 Å². The maximum absolute atomic E-state index is 12.5. The van der Waals surface area contributed by atoms with Crippen molar-refractivity contribution in [1.29, 1.82) is 0 Å². The summed E-state index contributed by atoms with van der Waals surface area (Å²) in [6.07, 6.45) is 0. The molecule has 0 spiro atoms. The molecule has 2 aromatic rings. The molecule has 1 aliphatic rings. The van der Waals surface area contributed by atoms with E-state index in [0.717, 1.165) is 24.3 Å². The van der Waals surface area contributed by atoms with E-state index in [2.05, 4.69) is 15.2 Å². The number of carbonyl (C=O) groups excluding carboxylic acids is 1. The molecule has 1 heterocycles. The molecule has 2 aromatic carbocycles. The SMILES string of the molecule is COc1ccc(CN=C(N)NCC(=O)N2CCN(c3ccc(Cl)cc3)CC2)cc1OC.I. The first-order valence-electron chi connectivity index (χ1n) is 10.0. The van der Waals surface area contributed by atoms with Crippen LogP contribution in [0.15, 0.2) is 47.5 Å². The number of nitrogens with zero attached hydrogens (tertiary/aromatic N) is 3. The number of halogens is 2. The zero-order valence-electron chi connectivity index (χ0n) is 18.2. The molecule has 0 aliphatic carbocycles. The number of hydrogen-bond donors (Lipinski definition) is 2. The fourth-order valence-corrected chi connectivity index (χ4v) is 3.48. The molecule has 0 radical (unpaired) electrons. The standard InChI is InChI=1S/C22H28ClN5O3.HI/c1-30-19-8-3-16(13-20(19)31-2)14-25-22(24)26-15-21(29)28-11-9-27(10-12-28)18-6-4-17(23)5-7-18;/h3-8,13H,9-12,14-15H2,1-2H3,(H3,24,25,26);1H. The minimum absolute atomic E-state index is 0. The molecule has 0 unspecified atom stereocenters. The first-order chi connectivity index (χ1) is 15.0. The van der Waals surface area contributed by atoms with Gasteiger partial charge in [0.2, 0.25) is 5.91 Å². The van der Waals surface area contributed by atoms with E-state index in [4.69, 9.17) is 26.8 Å². The van der Waals surface area contributed by atoms with Crippen LogP contribution in [0.3, 0.4) is 0 Å². The Morgan fingerprint density at radius 2 is 1.72 bits per heavy atom. The minimum Gasteiger partial charge on any atom is -0.493 e. The van der Waals surface area contributed by atoms with E-state index < -0.39 is 0 Å². The van der Waals surface area contributed by atoms with Gasteiger partial charge >= 0.3 is 0 Å². The van der Waals surface area contributed by atoms with Crippen LogP contribution < -0.4 is 25.4 Å². The molecule has 0 saturated carbocycles. The molecule has 1 amide bonds. The number of nitrogens with one attached hydrogen (secondary N) is 1. The van der Waals surface area contributed by atoms with Gasteiger partial charge < -0.3 is 30.3 Å². The highest BCUT2D eigenvalue weighted by atomic mass is 127. The molecule has 3 rings (SSSR count). The van der Waals surface area contributed by atoms with Crippen molar-refractivity contribution < 1.29 is 14.3 Å². The van der Waals surface area contributed by atoms with Gasteiger partial charge in [-0.1, -0.05) is 17.7 Å². The number of amides is 1. The van der Waals surface area contributed by atoms with Crippen LogP contribution >= 0.6 is 35.6 Å². The van der Waals surface area contributed by atoms with Crippen molar-refractivity contribution in [2.24, 2.45) is 10.7 Å². The lowest BCUT2D eigenvalue weighted by molar-refractivity contribution is -0.130. The Bertz CT molecular complexity index is 918. The topological polar surface area (TPSA) is 92.4 Å². The van der Waals surface area contributed by atoms with Crippen LogP contribution in [0.25, 0.3) is 0 Å². The van der Waals surface area contributed by atoms with Gasteiger partial charge in [0.15, 0.2) is 17.5 Å². The zero-order valence-corrected chi connectivity index (χ0v) is 21.3. The Balaban J connectivity index is 0.00000363. The number of guanidine groups is 1. The van der Waals surface area contributed by atoms with Gasteiger partial charge in [-0.2, -0.15) is 0 Å². The van der Waals surface area contributed by atoms with Gasteiger partial charge in [-0.25, -0.2) is 4.99 Å². The monoisotopic (exact) mass is 573 g/mol. The van der Waals surface area contributed by atoms with Crippen molar-refractivity contribution in [2.45, 2.75) is 6.54 Å². The number of benzene rings is 2. The van der Waals surface area contributed by atoms with E-state index in [1.807, 2.05) is 47.4 Å². The predicted octanol–water partition coefficient (Wildman–Crippen LogP) is 2.73. The number of methoxy groups -OCH3 is 2. The number of nitrogens with two attached hydrogens (primary N) is 1. The lowest BCUT2D eigenvalue weighted by atomic mass is 10.2. The maximum Gasteiger partial charge on any atom is 0.242 e. The minimum atomic E-state index is 0. The van der Waals surface area contributed by atoms with Crippen LogP contribution in [0.2, 0.25) is 5.02 Å². The third-order valence-corrected chi connectivity index (χ3v) is 5.38. The number of anilines is 1. The average molecular weight is 574 g/mol. The second-order valence-electron chi connectivity index (χ2n) is 7.09. The summed E-state index contributed by atoms with van der Waals surface area (Å²) in [6.45, 7) is 3.35. The Morgan fingerprint density at radius 1 is 1.06 bits per heavy atom. The Hall–Kier alpha value is -2.40. The summed E-state index contributed by atoms with van der Waals surface area (Å²) in [7, 11) is 3.17. The largest absolute Gasteiger partial charge is 0.493 e. The number of ether oxygens (including phenoxy) is 2. The number of hydrogen-bond acceptors (Lipinski definition) is 5. The molecule has 3 N–H and O–H groups in total. The summed E-state index contributed by atoms with van der Waals surface area (Å²) < 4.78 is 10.5. The maximum atomic E-state index is 12.5. The summed E-state index contributed by atoms with van der Waals surface area (Å²) in [6, 6.07) is 13.3. The van der Waals surface area contributed by atoms with Gasteiger partial charge in [0.1, 0.15) is 0 Å². The molecule has 10 heteroatoms. The first kappa shape index (κ1) is 25.9. The van der Waals surface area contributed by atoms with Gasteiger partial charge in [0.05, 0.1) is 27.3 Å². The first-order valence-corrected chi connectivity index (χ1v) is 10.4. The fraction of sp³-hybridized carbons (Fsp3) is 0.364. The van der Waals surface area contributed by atoms with Crippen LogP contribution in [-0.2, 0) is 11.3 Å². The number of carbonyl (C=O) groups is 1. The smallest absolute Gasteiger partial charge is 0.242 e. The van der Waals surface area contributed by atoms with Crippen molar-refractivity contribution in [3.05, 3.63) is 53.1 Å². The number of piperazine rings is 1. The molecule has 8 nitrogen and oxygen atoms in total. The molecular weight excluding hydrogens is 545 g/mol. The second kappa shape index (κ2) is 12.6. The van der Waals surface area contributed by atoms with Crippen molar-refractivity contribution in [1.82, 2.24) is 10.2 Å². The quantitative estimate of drug-likeness (QED) is 0.301. The summed E-state index contributed by atoms with van der Waals surface area (Å²) >= 11 is 5.95. The van der Waals surface area contributed by atoms with E-state index in [1.54, 1.807) is 14.2 Å². The Kier molecular flexibility index (Phi) is 10.2. The van der Waals surface area contributed by atoms with Crippen LogP contribution in [0.5, 0.6) is 11.5 Å². The molecule has 1 aliphatic heterocycles. The Labute approximate surface area is 210 Å². The molecule has 0 bridgehead atoms. The van der Waals surface area contributed by atoms with Gasteiger partial charge in [-0.3, -0.25) is 4.79 Å². The van der Waals surface area contributed by atoms with E-state index >= 15 is 0 Å². The van der Waals surface area contributed by atoms with Crippen LogP contribution in [0.1, 0.15) is 5.56 Å². The molecule has 0 aromatic heterocycles. The normalized spacial score (nSPS) is 13.9. The highest BCUT2D eigenvalue weighted by Gasteiger charge is 2.21. The zero-order chi connectivity index (χ0) is 22.2. The third kappa shape index (κ3) is 7.06. The molecule has 174 valence electrons. The van der Waals surface area contributed by atoms with Crippen molar-refractivity contribution in [3.63, 3.8) is 0 Å². The third-order valence-electron chi connectivity index (χ3n) is 5.12. The van der Waals surface area contributed by atoms with Crippen LogP contribution in [0, 0.1) is 0 Å². The molecule has 0 atom stereocenters. The average Bonchev–Trinajstić information content (AvgIpc) is 2.81.